The molecule has 0 radical (unpaired) electrons. The van der Waals surface area contributed by atoms with Gasteiger partial charge in [-0.1, -0.05) is 6.07 Å². The molecule has 1 unspecified atom stereocenters. The summed E-state index contributed by atoms with van der Waals surface area (Å²) < 4.78 is 23.6. The van der Waals surface area contributed by atoms with Gasteiger partial charge in [0.2, 0.25) is 0 Å². The number of aryl methyl sites for hydroxylation is 1. The average Bonchev–Trinajstić information content (AvgIpc) is 2.39. The van der Waals surface area contributed by atoms with E-state index in [1.54, 1.807) is 32.9 Å². The zero-order valence-electron chi connectivity index (χ0n) is 12.2. The summed E-state index contributed by atoms with van der Waals surface area (Å²) in [6.07, 6.45) is 1.03. The quantitative estimate of drug-likeness (QED) is 0.617. The number of hydrogen-bond donors (Lipinski definition) is 1. The van der Waals surface area contributed by atoms with Gasteiger partial charge in [-0.25, -0.2) is 4.39 Å². The fourth-order valence-corrected chi connectivity index (χ4v) is 1.69. The van der Waals surface area contributed by atoms with Crippen molar-refractivity contribution >= 4 is 5.97 Å². The molecule has 20 heavy (non-hydrogen) atoms. The summed E-state index contributed by atoms with van der Waals surface area (Å²) in [5.41, 5.74) is 5.44. The van der Waals surface area contributed by atoms with Crippen LogP contribution in [0.25, 0.3) is 0 Å². The predicted molar refractivity (Wildman–Crippen MR) is 75.1 cm³/mol. The van der Waals surface area contributed by atoms with E-state index in [1.165, 1.54) is 6.07 Å². The van der Waals surface area contributed by atoms with Crippen LogP contribution in [0.4, 0.5) is 4.39 Å². The number of benzene rings is 1. The SMILES string of the molecule is CCOC(=O)C(C)(N)CCCOc1ccc(C)c(F)c1. The fraction of sp³-hybridized carbons (Fsp3) is 0.533. The lowest BCUT2D eigenvalue weighted by Crippen LogP contribution is -2.46. The second kappa shape index (κ2) is 7.24. The number of ether oxygens (including phenoxy) is 2. The molecule has 0 saturated carbocycles. The number of rotatable bonds is 7. The first kappa shape index (κ1) is 16.4. The monoisotopic (exact) mass is 283 g/mol. The molecule has 4 nitrogen and oxygen atoms in total. The van der Waals surface area contributed by atoms with E-state index < -0.39 is 11.5 Å². The van der Waals surface area contributed by atoms with Gasteiger partial charge in [-0.05, 0) is 45.2 Å². The maximum atomic E-state index is 13.3. The van der Waals surface area contributed by atoms with Gasteiger partial charge in [0.25, 0.3) is 0 Å². The van der Waals surface area contributed by atoms with Crippen molar-refractivity contribution in [2.24, 2.45) is 5.73 Å². The lowest BCUT2D eigenvalue weighted by molar-refractivity contribution is -0.149. The Bertz CT molecular complexity index is 460. The van der Waals surface area contributed by atoms with E-state index in [4.69, 9.17) is 15.2 Å². The molecule has 0 aromatic heterocycles. The normalized spacial score (nSPS) is 13.7. The molecular formula is C15H22FNO3. The topological polar surface area (TPSA) is 61.5 Å². The molecule has 0 spiro atoms. The molecule has 0 heterocycles. The van der Waals surface area contributed by atoms with Gasteiger partial charge >= 0.3 is 5.97 Å². The van der Waals surface area contributed by atoms with E-state index in [1.807, 2.05) is 0 Å². The minimum absolute atomic E-state index is 0.294. The zero-order chi connectivity index (χ0) is 15.2. The Morgan fingerprint density at radius 2 is 2.15 bits per heavy atom. The molecule has 5 heteroatoms. The fourth-order valence-electron chi connectivity index (χ4n) is 1.69. The molecular weight excluding hydrogens is 261 g/mol. The summed E-state index contributed by atoms with van der Waals surface area (Å²) in [5.74, 6) is -0.234. The van der Waals surface area contributed by atoms with Gasteiger partial charge in [-0.3, -0.25) is 4.79 Å². The van der Waals surface area contributed by atoms with Crippen LogP contribution in [0.2, 0.25) is 0 Å². The second-order valence-electron chi connectivity index (χ2n) is 5.00. The van der Waals surface area contributed by atoms with Crippen molar-refractivity contribution in [3.05, 3.63) is 29.6 Å². The van der Waals surface area contributed by atoms with E-state index in [0.29, 0.717) is 37.4 Å². The molecule has 0 aliphatic carbocycles. The molecule has 0 aliphatic rings. The van der Waals surface area contributed by atoms with Crippen molar-refractivity contribution in [3.8, 4) is 5.75 Å². The maximum Gasteiger partial charge on any atom is 0.325 e. The van der Waals surface area contributed by atoms with Crippen molar-refractivity contribution in [3.63, 3.8) is 0 Å². The van der Waals surface area contributed by atoms with Gasteiger partial charge in [0.15, 0.2) is 0 Å². The molecule has 0 aliphatic heterocycles. The van der Waals surface area contributed by atoms with Crippen LogP contribution in [0.15, 0.2) is 18.2 Å². The molecule has 2 N–H and O–H groups in total. The van der Waals surface area contributed by atoms with Gasteiger partial charge in [0, 0.05) is 6.07 Å². The zero-order valence-corrected chi connectivity index (χ0v) is 12.2. The summed E-state index contributed by atoms with van der Waals surface area (Å²) in [6, 6.07) is 4.73. The highest BCUT2D eigenvalue weighted by molar-refractivity contribution is 5.79. The number of halogens is 1. The summed E-state index contributed by atoms with van der Waals surface area (Å²) in [6.45, 7) is 5.75. The highest BCUT2D eigenvalue weighted by Crippen LogP contribution is 2.17. The minimum Gasteiger partial charge on any atom is -0.493 e. The van der Waals surface area contributed by atoms with Crippen LogP contribution >= 0.6 is 0 Å². The van der Waals surface area contributed by atoms with Gasteiger partial charge in [-0.2, -0.15) is 0 Å². The Morgan fingerprint density at radius 1 is 1.45 bits per heavy atom. The number of nitrogens with two attached hydrogens (primary N) is 1. The van der Waals surface area contributed by atoms with Gasteiger partial charge in [0.05, 0.1) is 13.2 Å². The molecule has 0 bridgehead atoms. The lowest BCUT2D eigenvalue weighted by atomic mass is 9.98. The van der Waals surface area contributed by atoms with Crippen LogP contribution in [0.5, 0.6) is 5.75 Å². The van der Waals surface area contributed by atoms with E-state index in [9.17, 15) is 9.18 Å². The third kappa shape index (κ3) is 4.81. The van der Waals surface area contributed by atoms with E-state index >= 15 is 0 Å². The minimum atomic E-state index is -1.02. The molecule has 1 atom stereocenters. The maximum absolute atomic E-state index is 13.3. The summed E-state index contributed by atoms with van der Waals surface area (Å²) in [7, 11) is 0. The smallest absolute Gasteiger partial charge is 0.325 e. The molecule has 0 amide bonds. The Kier molecular flexibility index (Phi) is 5.95. The van der Waals surface area contributed by atoms with Crippen molar-refractivity contribution in [1.29, 1.82) is 0 Å². The molecule has 1 aromatic carbocycles. The number of esters is 1. The number of carbonyl (C=O) groups is 1. The van der Waals surface area contributed by atoms with E-state index in [2.05, 4.69) is 0 Å². The number of hydrogen-bond acceptors (Lipinski definition) is 4. The Labute approximate surface area is 119 Å². The number of carbonyl (C=O) groups excluding carboxylic acids is 1. The summed E-state index contributed by atoms with van der Waals surface area (Å²) in [5, 5.41) is 0. The third-order valence-electron chi connectivity index (χ3n) is 2.99. The van der Waals surface area contributed by atoms with Crippen LogP contribution in [-0.4, -0.2) is 24.7 Å². The standard InChI is InChI=1S/C15H22FNO3/c1-4-19-14(18)15(3,17)8-5-9-20-12-7-6-11(2)13(16)10-12/h6-7,10H,4-5,8-9,17H2,1-3H3. The van der Waals surface area contributed by atoms with Gasteiger partial charge < -0.3 is 15.2 Å². The second-order valence-corrected chi connectivity index (χ2v) is 5.00. The lowest BCUT2D eigenvalue weighted by Gasteiger charge is -2.22. The third-order valence-corrected chi connectivity index (χ3v) is 2.99. The molecule has 0 fully saturated rings. The van der Waals surface area contributed by atoms with Crippen molar-refractivity contribution < 1.29 is 18.7 Å². The summed E-state index contributed by atoms with van der Waals surface area (Å²) in [4.78, 5) is 11.6. The first-order valence-corrected chi connectivity index (χ1v) is 6.72. The van der Waals surface area contributed by atoms with Crippen LogP contribution in [0.3, 0.4) is 0 Å². The van der Waals surface area contributed by atoms with Gasteiger partial charge in [0.1, 0.15) is 17.1 Å². The summed E-state index contributed by atoms with van der Waals surface area (Å²) >= 11 is 0. The van der Waals surface area contributed by atoms with Crippen molar-refractivity contribution in [2.45, 2.75) is 39.2 Å². The highest BCUT2D eigenvalue weighted by atomic mass is 19.1. The largest absolute Gasteiger partial charge is 0.493 e. The Morgan fingerprint density at radius 3 is 2.75 bits per heavy atom. The van der Waals surface area contributed by atoms with Crippen LogP contribution in [-0.2, 0) is 9.53 Å². The van der Waals surface area contributed by atoms with E-state index in [-0.39, 0.29) is 5.82 Å². The van der Waals surface area contributed by atoms with Crippen LogP contribution in [0, 0.1) is 12.7 Å². The molecule has 112 valence electrons. The van der Waals surface area contributed by atoms with Crippen molar-refractivity contribution in [2.75, 3.05) is 13.2 Å². The molecule has 0 saturated heterocycles. The van der Waals surface area contributed by atoms with E-state index in [0.717, 1.165) is 0 Å². The molecule has 1 aromatic rings. The Balaban J connectivity index is 2.37. The Hall–Kier alpha value is -1.62. The molecule has 1 rings (SSSR count). The van der Waals surface area contributed by atoms with Gasteiger partial charge in [-0.15, -0.1) is 0 Å². The first-order chi connectivity index (χ1) is 9.36. The first-order valence-electron chi connectivity index (χ1n) is 6.72. The van der Waals surface area contributed by atoms with Crippen LogP contribution in [0.1, 0.15) is 32.3 Å². The average molecular weight is 283 g/mol. The van der Waals surface area contributed by atoms with Crippen molar-refractivity contribution in [1.82, 2.24) is 0 Å². The highest BCUT2D eigenvalue weighted by Gasteiger charge is 2.29. The van der Waals surface area contributed by atoms with Crippen LogP contribution < -0.4 is 10.5 Å². The predicted octanol–water partition coefficient (Wildman–Crippen LogP) is 2.57.